The Balaban J connectivity index is 1.83. The van der Waals surface area contributed by atoms with Crippen LogP contribution < -0.4 is 10.6 Å². The molecule has 1 aromatic rings. The van der Waals surface area contributed by atoms with Crippen molar-refractivity contribution in [1.82, 2.24) is 14.9 Å². The molecule has 1 fully saturated rings. The van der Waals surface area contributed by atoms with Gasteiger partial charge in [-0.25, -0.2) is 0 Å². The molecular weight excluding hydrogens is 238 g/mol. The van der Waals surface area contributed by atoms with Crippen LogP contribution in [0.15, 0.2) is 6.33 Å². The Labute approximate surface area is 104 Å². The molecule has 98 valence electrons. The van der Waals surface area contributed by atoms with Crippen LogP contribution in [0.5, 0.6) is 0 Å². The van der Waals surface area contributed by atoms with Gasteiger partial charge in [-0.15, -0.1) is 0 Å². The quantitative estimate of drug-likeness (QED) is 0.564. The van der Waals surface area contributed by atoms with Gasteiger partial charge in [-0.1, -0.05) is 0 Å². The number of nitrogens with one attached hydrogen (secondary N) is 2. The highest BCUT2D eigenvalue weighted by Gasteiger charge is 2.23. The predicted molar refractivity (Wildman–Crippen MR) is 64.1 cm³/mol. The number of hydrogen-bond acceptors (Lipinski definition) is 5. The summed E-state index contributed by atoms with van der Waals surface area (Å²) in [6.45, 7) is 0.346. The average molecular weight is 253 g/mol. The number of carbonyl (C=O) groups excluding carboxylic acids is 1. The number of imidazole rings is 1. The minimum atomic E-state index is -0.549. The first kappa shape index (κ1) is 12.3. The van der Waals surface area contributed by atoms with Crippen LogP contribution in [0.3, 0.4) is 0 Å². The summed E-state index contributed by atoms with van der Waals surface area (Å²) in [5.41, 5.74) is 0. The van der Waals surface area contributed by atoms with Crippen LogP contribution in [-0.4, -0.2) is 33.0 Å². The van der Waals surface area contributed by atoms with Crippen molar-refractivity contribution >= 4 is 17.5 Å². The molecule has 0 saturated heterocycles. The highest BCUT2D eigenvalue weighted by atomic mass is 16.6. The summed E-state index contributed by atoms with van der Waals surface area (Å²) in [4.78, 5) is 25.2. The number of aromatic nitrogens is 2. The minimum Gasteiger partial charge on any atom is -0.364 e. The number of nitro groups is 1. The van der Waals surface area contributed by atoms with Gasteiger partial charge in [0.1, 0.15) is 0 Å². The zero-order valence-electron chi connectivity index (χ0n) is 10.0. The van der Waals surface area contributed by atoms with E-state index in [4.69, 9.17) is 0 Å². The van der Waals surface area contributed by atoms with E-state index in [0.29, 0.717) is 24.8 Å². The molecule has 0 spiro atoms. The highest BCUT2D eigenvalue weighted by Crippen LogP contribution is 2.21. The Morgan fingerprint density at radius 1 is 1.67 bits per heavy atom. The van der Waals surface area contributed by atoms with Crippen LogP contribution in [0.2, 0.25) is 0 Å². The van der Waals surface area contributed by atoms with E-state index in [-0.39, 0.29) is 11.7 Å². The molecule has 18 heavy (non-hydrogen) atoms. The molecule has 1 aromatic heterocycles. The van der Waals surface area contributed by atoms with Crippen LogP contribution in [0.4, 0.5) is 11.6 Å². The lowest BCUT2D eigenvalue weighted by Crippen LogP contribution is -2.27. The summed E-state index contributed by atoms with van der Waals surface area (Å²) in [5, 5.41) is 16.4. The number of amides is 1. The molecular formula is C10H15N5O3. The molecule has 0 aromatic carbocycles. The summed E-state index contributed by atoms with van der Waals surface area (Å²) in [6, 6.07) is 0.337. The fourth-order valence-electron chi connectivity index (χ4n) is 1.58. The third kappa shape index (κ3) is 2.96. The standard InChI is InChI=1S/C10H15N5O3/c1-14-6-12-10(15(17)18)9(14)11-5-4-8(16)13-7-2-3-7/h6-7,11H,2-5H2,1H3,(H,13,16). The molecule has 1 heterocycles. The van der Waals surface area contributed by atoms with Gasteiger partial charge in [0, 0.05) is 26.1 Å². The second-order valence-electron chi connectivity index (χ2n) is 4.30. The highest BCUT2D eigenvalue weighted by molar-refractivity contribution is 5.77. The average Bonchev–Trinajstić information content (AvgIpc) is 3.02. The van der Waals surface area contributed by atoms with E-state index in [0.717, 1.165) is 12.8 Å². The van der Waals surface area contributed by atoms with Gasteiger partial charge in [0.2, 0.25) is 18.1 Å². The fourth-order valence-corrected chi connectivity index (χ4v) is 1.58. The molecule has 8 nitrogen and oxygen atoms in total. The lowest BCUT2D eigenvalue weighted by atomic mass is 10.4. The molecule has 0 aliphatic heterocycles. The third-order valence-electron chi connectivity index (χ3n) is 2.68. The maximum Gasteiger partial charge on any atom is 0.406 e. The molecule has 0 radical (unpaired) electrons. The van der Waals surface area contributed by atoms with Crippen LogP contribution in [0.25, 0.3) is 0 Å². The maximum atomic E-state index is 11.4. The second kappa shape index (κ2) is 5.03. The smallest absolute Gasteiger partial charge is 0.364 e. The number of hydrogen-bond donors (Lipinski definition) is 2. The first-order valence-electron chi connectivity index (χ1n) is 5.77. The zero-order chi connectivity index (χ0) is 13.1. The number of rotatable bonds is 6. The van der Waals surface area contributed by atoms with E-state index < -0.39 is 4.92 Å². The monoisotopic (exact) mass is 253 g/mol. The molecule has 0 bridgehead atoms. The largest absolute Gasteiger partial charge is 0.406 e. The molecule has 1 aliphatic rings. The van der Waals surface area contributed by atoms with Crippen LogP contribution in [-0.2, 0) is 11.8 Å². The van der Waals surface area contributed by atoms with Gasteiger partial charge in [-0.2, -0.15) is 0 Å². The summed E-state index contributed by atoms with van der Waals surface area (Å²) in [7, 11) is 1.66. The normalized spacial score (nSPS) is 14.3. The summed E-state index contributed by atoms with van der Waals surface area (Å²) >= 11 is 0. The van der Waals surface area contributed by atoms with Gasteiger partial charge in [-0.05, 0) is 22.7 Å². The fraction of sp³-hybridized carbons (Fsp3) is 0.600. The Hall–Kier alpha value is -2.12. The molecule has 2 rings (SSSR count). The Morgan fingerprint density at radius 2 is 2.39 bits per heavy atom. The first-order valence-corrected chi connectivity index (χ1v) is 5.77. The topological polar surface area (TPSA) is 102 Å². The Morgan fingerprint density at radius 3 is 3.00 bits per heavy atom. The molecule has 0 unspecified atom stereocenters. The van der Waals surface area contributed by atoms with Gasteiger partial charge >= 0.3 is 5.82 Å². The van der Waals surface area contributed by atoms with Crippen molar-refractivity contribution in [3.63, 3.8) is 0 Å². The summed E-state index contributed by atoms with van der Waals surface area (Å²) in [6.07, 6.45) is 3.75. The van der Waals surface area contributed by atoms with Crippen LogP contribution in [0.1, 0.15) is 19.3 Å². The van der Waals surface area contributed by atoms with E-state index >= 15 is 0 Å². The number of aryl methyl sites for hydroxylation is 1. The van der Waals surface area contributed by atoms with Crippen molar-refractivity contribution < 1.29 is 9.72 Å². The van der Waals surface area contributed by atoms with Crippen molar-refractivity contribution in [2.45, 2.75) is 25.3 Å². The van der Waals surface area contributed by atoms with Crippen molar-refractivity contribution in [2.24, 2.45) is 7.05 Å². The Bertz CT molecular complexity index is 466. The van der Waals surface area contributed by atoms with E-state index in [1.165, 1.54) is 10.9 Å². The third-order valence-corrected chi connectivity index (χ3v) is 2.68. The number of carbonyl (C=O) groups is 1. The van der Waals surface area contributed by atoms with Crippen LogP contribution >= 0.6 is 0 Å². The van der Waals surface area contributed by atoms with Gasteiger partial charge in [0.05, 0.1) is 0 Å². The van der Waals surface area contributed by atoms with Crippen molar-refractivity contribution in [3.8, 4) is 0 Å². The molecule has 0 atom stereocenters. The van der Waals surface area contributed by atoms with Gasteiger partial charge in [0.25, 0.3) is 0 Å². The molecule has 2 N–H and O–H groups in total. The number of anilines is 1. The van der Waals surface area contributed by atoms with Gasteiger partial charge < -0.3 is 20.7 Å². The number of nitrogens with zero attached hydrogens (tertiary/aromatic N) is 3. The van der Waals surface area contributed by atoms with E-state index in [9.17, 15) is 14.9 Å². The Kier molecular flexibility index (Phi) is 3.45. The molecule has 8 heteroatoms. The molecule has 1 aliphatic carbocycles. The van der Waals surface area contributed by atoms with Crippen molar-refractivity contribution in [3.05, 3.63) is 16.4 Å². The van der Waals surface area contributed by atoms with Gasteiger partial charge in [-0.3, -0.25) is 9.36 Å². The van der Waals surface area contributed by atoms with Gasteiger partial charge in [0.15, 0.2) is 0 Å². The SMILES string of the molecule is Cn1cnc([N+](=O)[O-])c1NCCC(=O)NC1CC1. The van der Waals surface area contributed by atoms with Crippen molar-refractivity contribution in [1.29, 1.82) is 0 Å². The lowest BCUT2D eigenvalue weighted by molar-refractivity contribution is -0.388. The van der Waals surface area contributed by atoms with Crippen molar-refractivity contribution in [2.75, 3.05) is 11.9 Å². The summed E-state index contributed by atoms with van der Waals surface area (Å²) in [5.74, 6) is 0.0640. The predicted octanol–water partition coefficient (Wildman–Crippen LogP) is 0.409. The summed E-state index contributed by atoms with van der Waals surface area (Å²) < 4.78 is 1.52. The first-order chi connectivity index (χ1) is 8.58. The maximum absolute atomic E-state index is 11.4. The van der Waals surface area contributed by atoms with E-state index in [1.807, 2.05) is 0 Å². The lowest BCUT2D eigenvalue weighted by Gasteiger charge is -2.06. The van der Waals surface area contributed by atoms with Crippen LogP contribution in [0, 0.1) is 10.1 Å². The molecule has 1 saturated carbocycles. The second-order valence-corrected chi connectivity index (χ2v) is 4.30. The molecule has 1 amide bonds. The van der Waals surface area contributed by atoms with E-state index in [2.05, 4.69) is 15.6 Å². The zero-order valence-corrected chi connectivity index (χ0v) is 10.0. The minimum absolute atomic E-state index is 0.0326. The van der Waals surface area contributed by atoms with E-state index in [1.54, 1.807) is 7.05 Å².